The highest BCUT2D eigenvalue weighted by molar-refractivity contribution is 6.14. The van der Waals surface area contributed by atoms with Crippen LogP contribution in [0, 0.1) is 0 Å². The van der Waals surface area contributed by atoms with E-state index in [2.05, 4.69) is 18.2 Å². The number of ketones is 1. The normalized spacial score (nSPS) is 19.1. The van der Waals surface area contributed by atoms with Crippen molar-refractivity contribution >= 4 is 11.5 Å². The van der Waals surface area contributed by atoms with Crippen molar-refractivity contribution in [2.24, 2.45) is 5.73 Å². The second-order valence-corrected chi connectivity index (χ2v) is 5.40. The van der Waals surface area contributed by atoms with Crippen LogP contribution >= 0.6 is 0 Å². The van der Waals surface area contributed by atoms with Gasteiger partial charge in [0.1, 0.15) is 0 Å². The Hall–Kier alpha value is -2.35. The van der Waals surface area contributed by atoms with Gasteiger partial charge in [-0.15, -0.1) is 0 Å². The molecule has 0 fully saturated rings. The molecule has 0 aliphatic heterocycles. The van der Waals surface area contributed by atoms with Gasteiger partial charge in [-0.05, 0) is 28.7 Å². The number of Topliss-reactive ketones (excluding diaryl/α,β-unsaturated/α-hetero) is 1. The van der Waals surface area contributed by atoms with Gasteiger partial charge in [0, 0.05) is 16.8 Å². The van der Waals surface area contributed by atoms with E-state index in [1.54, 1.807) is 0 Å². The predicted octanol–water partition coefficient (Wildman–Crippen LogP) is 3.46. The van der Waals surface area contributed by atoms with Crippen LogP contribution in [0.5, 0.6) is 0 Å². The van der Waals surface area contributed by atoms with Crippen molar-refractivity contribution in [3.63, 3.8) is 0 Å². The maximum Gasteiger partial charge on any atom is 0.172 e. The van der Waals surface area contributed by atoms with Crippen LogP contribution in [0.15, 0.2) is 48.0 Å². The third kappa shape index (κ3) is 1.21. The van der Waals surface area contributed by atoms with Gasteiger partial charge < -0.3 is 5.73 Å². The van der Waals surface area contributed by atoms with Crippen molar-refractivity contribution in [1.29, 1.82) is 0 Å². The molecule has 0 saturated carbocycles. The second-order valence-electron chi connectivity index (χ2n) is 5.40. The Kier molecular flexibility index (Phi) is 2.19. The molecule has 0 radical (unpaired) electrons. The predicted molar refractivity (Wildman–Crippen MR) is 80.1 cm³/mol. The van der Waals surface area contributed by atoms with Crippen LogP contribution in [-0.2, 0) is 4.79 Å². The summed E-state index contributed by atoms with van der Waals surface area (Å²) in [4.78, 5) is 12.8. The quantitative estimate of drug-likeness (QED) is 0.854. The first-order valence-corrected chi connectivity index (χ1v) is 6.99. The summed E-state index contributed by atoms with van der Waals surface area (Å²) in [6, 6.07) is 14.4. The lowest BCUT2D eigenvalue weighted by Gasteiger charge is -2.24. The third-order valence-corrected chi connectivity index (χ3v) is 4.49. The van der Waals surface area contributed by atoms with Gasteiger partial charge in [0.25, 0.3) is 0 Å². The molecule has 0 bridgehead atoms. The average molecular weight is 261 g/mol. The minimum atomic E-state index is -0.153. The van der Waals surface area contributed by atoms with Gasteiger partial charge in [-0.1, -0.05) is 49.4 Å². The molecule has 0 amide bonds. The minimum absolute atomic E-state index is 0.153. The molecule has 0 heterocycles. The van der Waals surface area contributed by atoms with Crippen molar-refractivity contribution in [2.45, 2.75) is 19.3 Å². The Morgan fingerprint density at radius 1 is 1.00 bits per heavy atom. The molecule has 4 rings (SSSR count). The zero-order valence-corrected chi connectivity index (χ0v) is 11.3. The van der Waals surface area contributed by atoms with Crippen LogP contribution in [0.25, 0.3) is 16.8 Å². The molecule has 2 aliphatic carbocycles. The molecular weight excluding hydrogens is 246 g/mol. The maximum absolute atomic E-state index is 12.8. The van der Waals surface area contributed by atoms with E-state index < -0.39 is 0 Å². The summed E-state index contributed by atoms with van der Waals surface area (Å²) >= 11 is 0. The lowest BCUT2D eigenvalue weighted by Crippen LogP contribution is -2.23. The SMILES string of the molecule is CCC1=C(N)c2cccc3c2C(C1=O)c1ccccc1-3. The fraction of sp³-hybridized carbons (Fsp3) is 0.167. The largest absolute Gasteiger partial charge is 0.398 e. The monoisotopic (exact) mass is 261 g/mol. The van der Waals surface area contributed by atoms with E-state index >= 15 is 0 Å². The molecule has 20 heavy (non-hydrogen) atoms. The van der Waals surface area contributed by atoms with Crippen LogP contribution in [0.2, 0.25) is 0 Å². The topological polar surface area (TPSA) is 43.1 Å². The van der Waals surface area contributed by atoms with Crippen LogP contribution in [-0.4, -0.2) is 5.78 Å². The van der Waals surface area contributed by atoms with Crippen LogP contribution < -0.4 is 5.73 Å². The van der Waals surface area contributed by atoms with Gasteiger partial charge in [-0.25, -0.2) is 0 Å². The maximum atomic E-state index is 12.8. The highest BCUT2D eigenvalue weighted by atomic mass is 16.1. The molecule has 2 aromatic rings. The number of nitrogens with two attached hydrogens (primary N) is 1. The van der Waals surface area contributed by atoms with Crippen LogP contribution in [0.1, 0.15) is 36.0 Å². The van der Waals surface area contributed by atoms with Gasteiger partial charge in [-0.3, -0.25) is 4.79 Å². The zero-order valence-electron chi connectivity index (χ0n) is 11.3. The molecule has 98 valence electrons. The van der Waals surface area contributed by atoms with E-state index in [1.807, 2.05) is 31.2 Å². The van der Waals surface area contributed by atoms with Gasteiger partial charge in [-0.2, -0.15) is 0 Å². The number of hydrogen-bond donors (Lipinski definition) is 1. The summed E-state index contributed by atoms with van der Waals surface area (Å²) in [7, 11) is 0. The fourth-order valence-electron chi connectivity index (χ4n) is 3.60. The van der Waals surface area contributed by atoms with Crippen molar-refractivity contribution in [1.82, 2.24) is 0 Å². The van der Waals surface area contributed by atoms with Crippen molar-refractivity contribution < 1.29 is 4.79 Å². The standard InChI is InChI=1S/C18H15NO/c1-2-10-17(19)14-9-5-8-12-11-6-3-4-7-13(11)16(15(12)14)18(10)20/h3-9,16H,2,19H2,1H3. The Bertz CT molecular complexity index is 786. The lowest BCUT2D eigenvalue weighted by molar-refractivity contribution is -0.116. The van der Waals surface area contributed by atoms with Crippen molar-refractivity contribution in [3.8, 4) is 11.1 Å². The van der Waals surface area contributed by atoms with E-state index in [1.165, 1.54) is 5.56 Å². The molecule has 2 aliphatic rings. The minimum Gasteiger partial charge on any atom is -0.398 e. The smallest absolute Gasteiger partial charge is 0.172 e. The highest BCUT2D eigenvalue weighted by Crippen LogP contribution is 2.51. The number of carbonyl (C=O) groups is 1. The van der Waals surface area contributed by atoms with Gasteiger partial charge >= 0.3 is 0 Å². The lowest BCUT2D eigenvalue weighted by atomic mass is 9.79. The molecule has 2 nitrogen and oxygen atoms in total. The van der Waals surface area contributed by atoms with Crippen molar-refractivity contribution in [2.75, 3.05) is 0 Å². The summed E-state index contributed by atoms with van der Waals surface area (Å²) in [5.74, 6) is 0.0227. The number of hydrogen-bond acceptors (Lipinski definition) is 2. The Morgan fingerprint density at radius 2 is 1.70 bits per heavy atom. The molecule has 2 N–H and O–H groups in total. The first-order valence-electron chi connectivity index (χ1n) is 6.99. The molecule has 1 atom stereocenters. The van der Waals surface area contributed by atoms with Gasteiger partial charge in [0.15, 0.2) is 5.78 Å². The Balaban J connectivity index is 2.12. The van der Waals surface area contributed by atoms with Crippen molar-refractivity contribution in [3.05, 3.63) is 64.7 Å². The second kappa shape index (κ2) is 3.83. The van der Waals surface area contributed by atoms with E-state index in [0.717, 1.165) is 27.8 Å². The first-order chi connectivity index (χ1) is 9.74. The third-order valence-electron chi connectivity index (χ3n) is 4.49. The number of benzene rings is 2. The van der Waals surface area contributed by atoms with E-state index in [4.69, 9.17) is 5.73 Å². The molecule has 0 spiro atoms. The van der Waals surface area contributed by atoms with E-state index in [0.29, 0.717) is 12.1 Å². The van der Waals surface area contributed by atoms with Gasteiger partial charge in [0.2, 0.25) is 0 Å². The molecule has 1 unspecified atom stereocenters. The molecule has 2 aromatic carbocycles. The van der Waals surface area contributed by atoms with E-state index in [-0.39, 0.29) is 11.7 Å². The van der Waals surface area contributed by atoms with Crippen LogP contribution in [0.3, 0.4) is 0 Å². The molecule has 0 aromatic heterocycles. The van der Waals surface area contributed by atoms with Gasteiger partial charge in [0.05, 0.1) is 5.92 Å². The first kappa shape index (κ1) is 11.5. The zero-order chi connectivity index (χ0) is 13.9. The number of carbonyl (C=O) groups excluding carboxylic acids is 1. The molecule has 0 saturated heterocycles. The highest BCUT2D eigenvalue weighted by Gasteiger charge is 2.40. The summed E-state index contributed by atoms with van der Waals surface area (Å²) < 4.78 is 0. The fourth-order valence-corrected chi connectivity index (χ4v) is 3.60. The Morgan fingerprint density at radius 3 is 2.50 bits per heavy atom. The number of fused-ring (bicyclic) bond motifs is 3. The summed E-state index contributed by atoms with van der Waals surface area (Å²) in [5, 5.41) is 0. The number of allylic oxidation sites excluding steroid dienone is 1. The molecule has 2 heteroatoms. The molecular formula is C18H15NO. The average Bonchev–Trinajstić information content (AvgIpc) is 2.81. The summed E-state index contributed by atoms with van der Waals surface area (Å²) in [6.45, 7) is 2.00. The van der Waals surface area contributed by atoms with Crippen LogP contribution in [0.4, 0.5) is 0 Å². The number of rotatable bonds is 1. The Labute approximate surface area is 117 Å². The summed E-state index contributed by atoms with van der Waals surface area (Å²) in [5.41, 5.74) is 13.3. The van der Waals surface area contributed by atoms with E-state index in [9.17, 15) is 4.79 Å². The summed E-state index contributed by atoms with van der Waals surface area (Å²) in [6.07, 6.45) is 0.688.